The molecule has 1 amide bonds. The lowest BCUT2D eigenvalue weighted by molar-refractivity contribution is -0.390. The van der Waals surface area contributed by atoms with Gasteiger partial charge in [-0.1, -0.05) is 6.07 Å². The Balaban J connectivity index is 2.15. The van der Waals surface area contributed by atoms with E-state index in [0.29, 0.717) is 0 Å². The highest BCUT2D eigenvalue weighted by molar-refractivity contribution is 7.89. The summed E-state index contributed by atoms with van der Waals surface area (Å²) in [6.07, 6.45) is 0.161. The number of carbonyl (C=O) groups is 1. The number of benzene rings is 1. The number of anilines is 1. The van der Waals surface area contributed by atoms with E-state index in [1.807, 2.05) is 0 Å². The van der Waals surface area contributed by atoms with Crippen LogP contribution >= 0.6 is 0 Å². The highest BCUT2D eigenvalue weighted by Crippen LogP contribution is 2.24. The number of hydrogen-bond donors (Lipinski definition) is 1. The molecule has 0 saturated heterocycles. The zero-order valence-electron chi connectivity index (χ0n) is 14.8. The monoisotopic (exact) mass is 394 g/mol. The Morgan fingerprint density at radius 1 is 1.30 bits per heavy atom. The van der Waals surface area contributed by atoms with Gasteiger partial charge in [-0.15, -0.1) is 0 Å². The van der Waals surface area contributed by atoms with Gasteiger partial charge in [-0.3, -0.25) is 4.79 Å². The standard InChI is InChI=1S/C16H18N4O6S/c1-11(26-14-8-5-9-17-15(14)20(22)23)16(21)18-12-6-4-7-13(10-12)27(24,25)19(2)3/h4-11H,1-3H3,(H,18,21)/t11-/m1/s1. The van der Waals surface area contributed by atoms with E-state index in [9.17, 15) is 23.3 Å². The van der Waals surface area contributed by atoms with E-state index in [4.69, 9.17) is 4.74 Å². The molecule has 1 N–H and O–H groups in total. The van der Waals surface area contributed by atoms with Crippen LogP contribution in [0.3, 0.4) is 0 Å². The van der Waals surface area contributed by atoms with Crippen molar-refractivity contribution < 1.29 is 22.9 Å². The number of sulfonamides is 1. The number of nitrogens with one attached hydrogen (secondary N) is 1. The number of hydrogen-bond acceptors (Lipinski definition) is 7. The maximum Gasteiger partial charge on any atom is 0.406 e. The first kappa shape index (κ1) is 20.3. The molecule has 0 spiro atoms. The zero-order valence-corrected chi connectivity index (χ0v) is 15.6. The average Bonchev–Trinajstić information content (AvgIpc) is 2.62. The Labute approximate surface area is 156 Å². The molecule has 1 heterocycles. The molecule has 0 aliphatic rings. The Morgan fingerprint density at radius 2 is 2.00 bits per heavy atom. The number of carbonyl (C=O) groups excluding carboxylic acids is 1. The van der Waals surface area contributed by atoms with Crippen LogP contribution in [-0.2, 0) is 14.8 Å². The van der Waals surface area contributed by atoms with E-state index in [2.05, 4.69) is 10.3 Å². The van der Waals surface area contributed by atoms with E-state index >= 15 is 0 Å². The van der Waals surface area contributed by atoms with E-state index in [1.165, 1.54) is 63.6 Å². The molecule has 0 aliphatic heterocycles. The van der Waals surface area contributed by atoms with Crippen molar-refractivity contribution in [1.82, 2.24) is 9.29 Å². The second kappa shape index (κ2) is 8.10. The number of rotatable bonds is 7. The highest BCUT2D eigenvalue weighted by atomic mass is 32.2. The van der Waals surface area contributed by atoms with Crippen molar-refractivity contribution in [2.45, 2.75) is 17.9 Å². The van der Waals surface area contributed by atoms with Crippen LogP contribution in [0.1, 0.15) is 6.92 Å². The zero-order chi connectivity index (χ0) is 20.2. The van der Waals surface area contributed by atoms with Crippen molar-refractivity contribution in [3.8, 4) is 5.75 Å². The third-order valence-electron chi connectivity index (χ3n) is 3.48. The van der Waals surface area contributed by atoms with Gasteiger partial charge in [-0.05, 0) is 47.2 Å². The minimum atomic E-state index is -3.65. The van der Waals surface area contributed by atoms with Crippen LogP contribution in [0, 0.1) is 10.1 Å². The van der Waals surface area contributed by atoms with Gasteiger partial charge >= 0.3 is 5.82 Å². The summed E-state index contributed by atoms with van der Waals surface area (Å²) in [6.45, 7) is 1.41. The van der Waals surface area contributed by atoms with Crippen LogP contribution in [0.15, 0.2) is 47.5 Å². The summed E-state index contributed by atoms with van der Waals surface area (Å²) in [5.41, 5.74) is 0.249. The number of ether oxygens (including phenoxy) is 1. The fourth-order valence-corrected chi connectivity index (χ4v) is 2.99. The molecule has 27 heavy (non-hydrogen) atoms. The van der Waals surface area contributed by atoms with Crippen molar-refractivity contribution >= 4 is 27.4 Å². The first-order valence-corrected chi connectivity index (χ1v) is 9.16. The molecule has 11 heteroatoms. The number of pyridine rings is 1. The number of nitrogens with zero attached hydrogens (tertiary/aromatic N) is 3. The summed E-state index contributed by atoms with van der Waals surface area (Å²) in [5.74, 6) is -1.25. The maximum absolute atomic E-state index is 12.3. The predicted octanol–water partition coefficient (Wildman–Crippen LogP) is 1.65. The van der Waals surface area contributed by atoms with Crippen LogP contribution < -0.4 is 10.1 Å². The second-order valence-corrected chi connectivity index (χ2v) is 7.80. The quantitative estimate of drug-likeness (QED) is 0.558. The molecule has 1 aromatic carbocycles. The molecular weight excluding hydrogens is 376 g/mol. The Hall–Kier alpha value is -3.05. The summed E-state index contributed by atoms with van der Waals surface area (Å²) >= 11 is 0. The van der Waals surface area contributed by atoms with Crippen molar-refractivity contribution in [1.29, 1.82) is 0 Å². The highest BCUT2D eigenvalue weighted by Gasteiger charge is 2.23. The fraction of sp³-hybridized carbons (Fsp3) is 0.250. The van der Waals surface area contributed by atoms with Gasteiger partial charge in [0.15, 0.2) is 6.10 Å². The van der Waals surface area contributed by atoms with E-state index in [1.54, 1.807) is 0 Å². The van der Waals surface area contributed by atoms with Gasteiger partial charge in [0.05, 0.1) is 4.90 Å². The first-order chi connectivity index (χ1) is 12.6. The van der Waals surface area contributed by atoms with Gasteiger partial charge in [0.1, 0.15) is 6.20 Å². The minimum Gasteiger partial charge on any atom is -0.473 e. The average molecular weight is 394 g/mol. The van der Waals surface area contributed by atoms with Crippen LogP contribution in [0.25, 0.3) is 0 Å². The topological polar surface area (TPSA) is 132 Å². The molecular formula is C16H18N4O6S. The minimum absolute atomic E-state index is 0.0155. The molecule has 2 rings (SSSR count). The fourth-order valence-electron chi connectivity index (χ4n) is 2.04. The molecule has 2 aromatic rings. The summed E-state index contributed by atoms with van der Waals surface area (Å²) in [5, 5.41) is 13.5. The first-order valence-electron chi connectivity index (χ1n) is 7.72. The number of nitro groups is 1. The van der Waals surface area contributed by atoms with Gasteiger partial charge in [0.2, 0.25) is 15.8 Å². The summed E-state index contributed by atoms with van der Waals surface area (Å²) in [7, 11) is -0.851. The van der Waals surface area contributed by atoms with Gasteiger partial charge in [0.25, 0.3) is 5.91 Å². The van der Waals surface area contributed by atoms with Crippen LogP contribution in [0.5, 0.6) is 5.75 Å². The Kier molecular flexibility index (Phi) is 6.08. The molecule has 10 nitrogen and oxygen atoms in total. The number of amides is 1. The second-order valence-electron chi connectivity index (χ2n) is 5.65. The van der Waals surface area contributed by atoms with Crippen molar-refractivity contribution in [3.63, 3.8) is 0 Å². The summed E-state index contributed by atoms with van der Waals surface area (Å²) in [4.78, 5) is 26.2. The van der Waals surface area contributed by atoms with Gasteiger partial charge in [0, 0.05) is 19.8 Å². The Morgan fingerprint density at radius 3 is 2.63 bits per heavy atom. The summed E-state index contributed by atoms with van der Waals surface area (Å²) in [6, 6.07) is 8.51. The third-order valence-corrected chi connectivity index (χ3v) is 5.29. The molecule has 0 fully saturated rings. The van der Waals surface area contributed by atoms with Crippen LogP contribution in [0.4, 0.5) is 11.5 Å². The van der Waals surface area contributed by atoms with Gasteiger partial charge in [-0.2, -0.15) is 0 Å². The molecule has 0 bridgehead atoms. The van der Waals surface area contributed by atoms with Crippen molar-refractivity contribution in [3.05, 3.63) is 52.7 Å². The maximum atomic E-state index is 12.3. The van der Waals surface area contributed by atoms with E-state index in [0.717, 1.165) is 4.31 Å². The molecule has 0 saturated carbocycles. The van der Waals surface area contributed by atoms with Crippen molar-refractivity contribution in [2.24, 2.45) is 0 Å². The molecule has 144 valence electrons. The predicted molar refractivity (Wildman–Crippen MR) is 96.9 cm³/mol. The van der Waals surface area contributed by atoms with Crippen molar-refractivity contribution in [2.75, 3.05) is 19.4 Å². The lowest BCUT2D eigenvalue weighted by Gasteiger charge is -2.15. The molecule has 0 unspecified atom stereocenters. The van der Waals surface area contributed by atoms with E-state index in [-0.39, 0.29) is 16.3 Å². The van der Waals surface area contributed by atoms with Crippen LogP contribution in [-0.4, -0.2) is 48.7 Å². The largest absolute Gasteiger partial charge is 0.473 e. The third kappa shape index (κ3) is 4.77. The van der Waals surface area contributed by atoms with E-state index < -0.39 is 32.8 Å². The van der Waals surface area contributed by atoms with Gasteiger partial charge in [-0.25, -0.2) is 12.7 Å². The molecule has 0 radical (unpaired) electrons. The number of aromatic nitrogens is 1. The normalized spacial score (nSPS) is 12.4. The lowest BCUT2D eigenvalue weighted by Crippen LogP contribution is -2.30. The van der Waals surface area contributed by atoms with Crippen LogP contribution in [0.2, 0.25) is 0 Å². The summed E-state index contributed by atoms with van der Waals surface area (Å²) < 4.78 is 30.7. The smallest absolute Gasteiger partial charge is 0.406 e. The van der Waals surface area contributed by atoms with Gasteiger partial charge < -0.3 is 20.2 Å². The molecule has 1 aromatic heterocycles. The Bertz CT molecular complexity index is 961. The lowest BCUT2D eigenvalue weighted by atomic mass is 10.3. The molecule has 0 aliphatic carbocycles. The SMILES string of the molecule is C[C@@H](Oc1cccnc1[N+](=O)[O-])C(=O)Nc1cccc(S(=O)(=O)N(C)C)c1. The molecule has 1 atom stereocenters.